The van der Waals surface area contributed by atoms with E-state index in [0.29, 0.717) is 12.3 Å². The van der Waals surface area contributed by atoms with Crippen LogP contribution in [-0.4, -0.2) is 37.5 Å². The molecule has 11 heteroatoms. The first-order chi connectivity index (χ1) is 15.8. The average Bonchev–Trinajstić information content (AvgIpc) is 2.74. The van der Waals surface area contributed by atoms with Crippen molar-refractivity contribution in [3.8, 4) is 5.75 Å². The SMILES string of the molecule is CCCCCOCCOC(=O)OC1=C(C)NC(C)=C([N+](=O)[O-])C1c1ccccc1OC(F)F. The molecule has 1 aromatic rings. The topological polar surface area (TPSA) is 109 Å². The fourth-order valence-corrected chi connectivity index (χ4v) is 3.41. The van der Waals surface area contributed by atoms with E-state index in [0.717, 1.165) is 19.3 Å². The first kappa shape index (κ1) is 26.0. The Hall–Kier alpha value is -3.21. The molecule has 0 spiro atoms. The number of benzene rings is 1. The fourth-order valence-electron chi connectivity index (χ4n) is 3.41. The van der Waals surface area contributed by atoms with Crippen molar-refractivity contribution >= 4 is 6.16 Å². The predicted molar refractivity (Wildman–Crippen MR) is 114 cm³/mol. The van der Waals surface area contributed by atoms with Crippen LogP contribution in [-0.2, 0) is 14.2 Å². The van der Waals surface area contributed by atoms with Gasteiger partial charge in [0, 0.05) is 12.2 Å². The quantitative estimate of drug-likeness (QED) is 0.195. The van der Waals surface area contributed by atoms with Crippen LogP contribution in [0, 0.1) is 10.1 Å². The van der Waals surface area contributed by atoms with Gasteiger partial charge in [0.25, 0.3) is 5.70 Å². The van der Waals surface area contributed by atoms with Crippen LogP contribution >= 0.6 is 0 Å². The minimum atomic E-state index is -3.14. The van der Waals surface area contributed by atoms with Crippen LogP contribution in [0.2, 0.25) is 0 Å². The Balaban J connectivity index is 2.23. The standard InChI is InChI=1S/C22H28F2N2O7/c1-4-5-8-11-30-12-13-31-22(27)33-20-15(3)25-14(2)19(26(28)29)18(20)16-9-6-7-10-17(16)32-21(23)24/h6-7,9-10,18,21,25H,4-5,8,11-13H2,1-3H3. The number of hydrogen-bond acceptors (Lipinski definition) is 8. The molecule has 0 bridgehead atoms. The maximum absolute atomic E-state index is 12.9. The molecule has 9 nitrogen and oxygen atoms in total. The number of carbonyl (C=O) groups excluding carboxylic acids is 1. The third-order valence-electron chi connectivity index (χ3n) is 4.84. The van der Waals surface area contributed by atoms with Gasteiger partial charge in [-0.2, -0.15) is 8.78 Å². The molecule has 0 radical (unpaired) electrons. The lowest BCUT2D eigenvalue weighted by atomic mass is 9.89. The first-order valence-corrected chi connectivity index (χ1v) is 10.5. The number of nitrogens with one attached hydrogen (secondary N) is 1. The van der Waals surface area contributed by atoms with Gasteiger partial charge in [-0.05, 0) is 26.3 Å². The van der Waals surface area contributed by atoms with Gasteiger partial charge in [-0.15, -0.1) is 0 Å². The van der Waals surface area contributed by atoms with E-state index in [-0.39, 0.29) is 41.7 Å². The zero-order valence-electron chi connectivity index (χ0n) is 18.8. The molecule has 1 aromatic carbocycles. The van der Waals surface area contributed by atoms with Crippen LogP contribution in [0.15, 0.2) is 47.1 Å². The minimum Gasteiger partial charge on any atom is -0.435 e. The van der Waals surface area contributed by atoms with Gasteiger partial charge >= 0.3 is 12.8 Å². The fraction of sp³-hybridized carbons (Fsp3) is 0.500. The zero-order chi connectivity index (χ0) is 24.4. The average molecular weight is 470 g/mol. The smallest absolute Gasteiger partial charge is 0.435 e. The molecule has 0 amide bonds. The lowest BCUT2D eigenvalue weighted by Gasteiger charge is -2.27. The summed E-state index contributed by atoms with van der Waals surface area (Å²) in [5.41, 5.74) is 0.151. The molecule has 182 valence electrons. The highest BCUT2D eigenvalue weighted by molar-refractivity contribution is 5.63. The Bertz CT molecular complexity index is 902. The number of nitrogens with zero attached hydrogens (tertiary/aromatic N) is 1. The van der Waals surface area contributed by atoms with Gasteiger partial charge in [-0.1, -0.05) is 38.0 Å². The van der Waals surface area contributed by atoms with Crippen LogP contribution in [0.25, 0.3) is 0 Å². The number of hydrogen-bond donors (Lipinski definition) is 1. The zero-order valence-corrected chi connectivity index (χ0v) is 18.8. The molecule has 2 rings (SSSR count). The van der Waals surface area contributed by atoms with Gasteiger partial charge in [0.1, 0.15) is 24.0 Å². The lowest BCUT2D eigenvalue weighted by Crippen LogP contribution is -2.30. The van der Waals surface area contributed by atoms with E-state index in [1.165, 1.54) is 31.2 Å². The van der Waals surface area contributed by atoms with Crippen molar-refractivity contribution in [3.05, 3.63) is 62.8 Å². The molecule has 1 atom stereocenters. The molecular formula is C22H28F2N2O7. The Labute approximate surface area is 190 Å². The molecule has 1 heterocycles. The number of halogens is 2. The Kier molecular flexibility index (Phi) is 10.0. The molecule has 33 heavy (non-hydrogen) atoms. The molecular weight excluding hydrogens is 442 g/mol. The van der Waals surface area contributed by atoms with Gasteiger partial charge < -0.3 is 24.3 Å². The number of allylic oxidation sites excluding steroid dienone is 2. The lowest BCUT2D eigenvalue weighted by molar-refractivity contribution is -0.431. The second-order valence-electron chi connectivity index (χ2n) is 7.25. The molecule has 1 aliphatic heterocycles. The molecule has 1 unspecified atom stereocenters. The molecule has 0 saturated carbocycles. The van der Waals surface area contributed by atoms with E-state index in [1.807, 2.05) is 0 Å². The Morgan fingerprint density at radius 3 is 2.55 bits per heavy atom. The Morgan fingerprint density at radius 1 is 1.15 bits per heavy atom. The third kappa shape index (κ3) is 7.41. The number of para-hydroxylation sites is 1. The van der Waals surface area contributed by atoms with Crippen LogP contribution in [0.3, 0.4) is 0 Å². The maximum Gasteiger partial charge on any atom is 0.513 e. The van der Waals surface area contributed by atoms with Crippen molar-refractivity contribution in [2.24, 2.45) is 0 Å². The maximum atomic E-state index is 12.9. The molecule has 0 aliphatic carbocycles. The monoisotopic (exact) mass is 470 g/mol. The van der Waals surface area contributed by atoms with E-state index >= 15 is 0 Å². The van der Waals surface area contributed by atoms with Crippen LogP contribution in [0.5, 0.6) is 5.75 Å². The molecule has 1 aliphatic rings. The normalized spacial score (nSPS) is 16.0. The van der Waals surface area contributed by atoms with Crippen molar-refractivity contribution in [2.45, 2.75) is 52.6 Å². The molecule has 1 N–H and O–H groups in total. The molecule has 0 fully saturated rings. The minimum absolute atomic E-state index is 0.0479. The summed E-state index contributed by atoms with van der Waals surface area (Å²) in [6.07, 6.45) is 1.90. The van der Waals surface area contributed by atoms with Crippen molar-refractivity contribution in [1.29, 1.82) is 0 Å². The molecule has 0 saturated heterocycles. The highest BCUT2D eigenvalue weighted by Gasteiger charge is 2.41. The number of carbonyl (C=O) groups is 1. The summed E-state index contributed by atoms with van der Waals surface area (Å²) in [5.74, 6) is -1.70. The highest BCUT2D eigenvalue weighted by Crippen LogP contribution is 2.42. The van der Waals surface area contributed by atoms with Gasteiger partial charge in [0.2, 0.25) is 0 Å². The van der Waals surface area contributed by atoms with Crippen LogP contribution in [0.1, 0.15) is 51.5 Å². The summed E-state index contributed by atoms with van der Waals surface area (Å²) >= 11 is 0. The number of dihydropyridines is 1. The predicted octanol–water partition coefficient (Wildman–Crippen LogP) is 5.07. The van der Waals surface area contributed by atoms with Gasteiger partial charge in [-0.25, -0.2) is 4.79 Å². The van der Waals surface area contributed by atoms with Crippen molar-refractivity contribution in [2.75, 3.05) is 19.8 Å². The molecule has 0 aromatic heterocycles. The highest BCUT2D eigenvalue weighted by atomic mass is 19.3. The van der Waals surface area contributed by atoms with E-state index < -0.39 is 23.6 Å². The van der Waals surface area contributed by atoms with Crippen LogP contribution < -0.4 is 10.1 Å². The van der Waals surface area contributed by atoms with Crippen LogP contribution in [0.4, 0.5) is 13.6 Å². The second-order valence-corrected chi connectivity index (χ2v) is 7.25. The second kappa shape index (κ2) is 12.7. The number of unbranched alkanes of at least 4 members (excludes halogenated alkanes) is 2. The van der Waals surface area contributed by atoms with E-state index in [2.05, 4.69) is 17.0 Å². The first-order valence-electron chi connectivity index (χ1n) is 10.5. The largest absolute Gasteiger partial charge is 0.513 e. The van der Waals surface area contributed by atoms with Gasteiger partial charge in [-0.3, -0.25) is 10.1 Å². The summed E-state index contributed by atoms with van der Waals surface area (Å²) < 4.78 is 46.2. The van der Waals surface area contributed by atoms with E-state index in [9.17, 15) is 23.7 Å². The van der Waals surface area contributed by atoms with Crippen molar-refractivity contribution in [3.63, 3.8) is 0 Å². The summed E-state index contributed by atoms with van der Waals surface area (Å²) in [4.78, 5) is 23.5. The van der Waals surface area contributed by atoms with Gasteiger partial charge in [0.05, 0.1) is 22.9 Å². The summed E-state index contributed by atoms with van der Waals surface area (Å²) in [6, 6.07) is 5.63. The van der Waals surface area contributed by atoms with E-state index in [4.69, 9.17) is 14.2 Å². The number of alkyl halides is 2. The van der Waals surface area contributed by atoms with Crippen molar-refractivity contribution < 1.29 is 37.4 Å². The summed E-state index contributed by atoms with van der Waals surface area (Å²) in [5, 5.41) is 14.6. The summed E-state index contributed by atoms with van der Waals surface area (Å²) in [7, 11) is 0. The number of nitro groups is 1. The Morgan fingerprint density at radius 2 is 1.88 bits per heavy atom. The van der Waals surface area contributed by atoms with E-state index in [1.54, 1.807) is 6.92 Å². The van der Waals surface area contributed by atoms with Crippen molar-refractivity contribution in [1.82, 2.24) is 5.32 Å². The number of rotatable bonds is 12. The number of ether oxygens (including phenoxy) is 4. The van der Waals surface area contributed by atoms with Gasteiger partial charge in [0.15, 0.2) is 0 Å². The summed E-state index contributed by atoms with van der Waals surface area (Å²) in [6.45, 7) is 2.58. The third-order valence-corrected chi connectivity index (χ3v) is 4.84.